The van der Waals surface area contributed by atoms with E-state index in [1.807, 2.05) is 19.9 Å². The molecule has 0 radical (unpaired) electrons. The highest BCUT2D eigenvalue weighted by molar-refractivity contribution is 7.80. The first-order valence-electron chi connectivity index (χ1n) is 7.35. The van der Waals surface area contributed by atoms with Crippen LogP contribution in [-0.2, 0) is 16.0 Å². The van der Waals surface area contributed by atoms with Gasteiger partial charge >= 0.3 is 0 Å². The number of thiocarbonyl (C=S) groups is 1. The standard InChI is InChI=1S/C15H20N4O3S/c1-9(2)16-15(23)19-18-14(21)8-22-11-4-5-12-10(7-11)3-6-13(20)17-12/h4-5,7,9H,3,6,8H2,1-2H3,(H,17,20)(H,18,21)(H2,16,19,23). The molecule has 0 spiro atoms. The molecule has 7 nitrogen and oxygen atoms in total. The second-order valence-corrected chi connectivity index (χ2v) is 5.87. The lowest BCUT2D eigenvalue weighted by Gasteiger charge is -2.18. The van der Waals surface area contributed by atoms with Gasteiger partial charge in [-0.15, -0.1) is 0 Å². The zero-order valence-electron chi connectivity index (χ0n) is 13.1. The van der Waals surface area contributed by atoms with E-state index >= 15 is 0 Å². The van der Waals surface area contributed by atoms with Gasteiger partial charge < -0.3 is 15.4 Å². The maximum atomic E-state index is 11.7. The summed E-state index contributed by atoms with van der Waals surface area (Å²) < 4.78 is 5.45. The van der Waals surface area contributed by atoms with E-state index in [0.717, 1.165) is 11.3 Å². The van der Waals surface area contributed by atoms with E-state index < -0.39 is 0 Å². The first-order valence-corrected chi connectivity index (χ1v) is 7.76. The monoisotopic (exact) mass is 336 g/mol. The third kappa shape index (κ3) is 5.41. The number of anilines is 1. The van der Waals surface area contributed by atoms with E-state index in [4.69, 9.17) is 17.0 Å². The van der Waals surface area contributed by atoms with E-state index in [0.29, 0.717) is 23.7 Å². The second kappa shape index (κ2) is 7.77. The van der Waals surface area contributed by atoms with Crippen LogP contribution in [0.25, 0.3) is 0 Å². The van der Waals surface area contributed by atoms with Gasteiger partial charge in [-0.2, -0.15) is 0 Å². The highest BCUT2D eigenvalue weighted by Crippen LogP contribution is 2.26. The van der Waals surface area contributed by atoms with Crippen molar-refractivity contribution in [1.82, 2.24) is 16.2 Å². The van der Waals surface area contributed by atoms with Crippen LogP contribution in [0.3, 0.4) is 0 Å². The Balaban J connectivity index is 1.78. The van der Waals surface area contributed by atoms with E-state index in [1.54, 1.807) is 12.1 Å². The van der Waals surface area contributed by atoms with Gasteiger partial charge in [0.2, 0.25) is 5.91 Å². The third-order valence-corrected chi connectivity index (χ3v) is 3.30. The van der Waals surface area contributed by atoms with E-state index in [9.17, 15) is 9.59 Å². The summed E-state index contributed by atoms with van der Waals surface area (Å²) in [7, 11) is 0. The molecule has 1 aliphatic rings. The summed E-state index contributed by atoms with van der Waals surface area (Å²) in [6, 6.07) is 5.51. The van der Waals surface area contributed by atoms with Crippen molar-refractivity contribution < 1.29 is 14.3 Å². The molecule has 0 fully saturated rings. The highest BCUT2D eigenvalue weighted by atomic mass is 32.1. The number of aryl methyl sites for hydroxylation is 1. The minimum absolute atomic E-state index is 0.0163. The quantitative estimate of drug-likeness (QED) is 0.481. The number of rotatable bonds is 4. The predicted molar refractivity (Wildman–Crippen MR) is 91.0 cm³/mol. The van der Waals surface area contributed by atoms with Crippen LogP contribution in [0.15, 0.2) is 18.2 Å². The van der Waals surface area contributed by atoms with E-state index in [2.05, 4.69) is 21.5 Å². The van der Waals surface area contributed by atoms with Gasteiger partial charge in [0, 0.05) is 18.2 Å². The van der Waals surface area contributed by atoms with Gasteiger partial charge in [0.15, 0.2) is 11.7 Å². The van der Waals surface area contributed by atoms with Crippen LogP contribution in [0.1, 0.15) is 25.8 Å². The van der Waals surface area contributed by atoms with Crippen LogP contribution >= 0.6 is 12.2 Å². The van der Waals surface area contributed by atoms with Crippen LogP contribution < -0.4 is 26.2 Å². The number of amides is 2. The van der Waals surface area contributed by atoms with Crippen LogP contribution in [0.5, 0.6) is 5.75 Å². The van der Waals surface area contributed by atoms with Crippen LogP contribution in [-0.4, -0.2) is 29.6 Å². The normalized spacial score (nSPS) is 12.9. The van der Waals surface area contributed by atoms with E-state index in [-0.39, 0.29) is 24.5 Å². The number of hydrogen-bond donors (Lipinski definition) is 4. The fourth-order valence-electron chi connectivity index (χ4n) is 2.06. The number of carbonyl (C=O) groups excluding carboxylic acids is 2. The minimum atomic E-state index is -0.344. The Morgan fingerprint density at radius 3 is 2.87 bits per heavy atom. The van der Waals surface area contributed by atoms with Gasteiger partial charge in [-0.1, -0.05) is 0 Å². The Morgan fingerprint density at radius 2 is 2.13 bits per heavy atom. The number of benzene rings is 1. The Kier molecular flexibility index (Phi) is 5.75. The number of ether oxygens (including phenoxy) is 1. The van der Waals surface area contributed by atoms with Crippen LogP contribution in [0, 0.1) is 0 Å². The van der Waals surface area contributed by atoms with E-state index in [1.165, 1.54) is 0 Å². The minimum Gasteiger partial charge on any atom is -0.484 e. The smallest absolute Gasteiger partial charge is 0.276 e. The Hall–Kier alpha value is -2.35. The zero-order valence-corrected chi connectivity index (χ0v) is 13.9. The Bertz CT molecular complexity index is 619. The fourth-order valence-corrected chi connectivity index (χ4v) is 2.35. The average molecular weight is 336 g/mol. The van der Waals surface area contributed by atoms with Gasteiger partial charge in [0.1, 0.15) is 5.75 Å². The maximum Gasteiger partial charge on any atom is 0.276 e. The molecule has 8 heteroatoms. The van der Waals surface area contributed by atoms with Crippen LogP contribution in [0.2, 0.25) is 0 Å². The molecule has 0 aromatic heterocycles. The molecular formula is C15H20N4O3S. The lowest BCUT2D eigenvalue weighted by molar-refractivity contribution is -0.123. The summed E-state index contributed by atoms with van der Waals surface area (Å²) >= 11 is 4.99. The van der Waals surface area contributed by atoms with Gasteiger partial charge in [-0.25, -0.2) is 0 Å². The number of carbonyl (C=O) groups is 2. The van der Waals surface area contributed by atoms with Crippen molar-refractivity contribution in [1.29, 1.82) is 0 Å². The SMILES string of the molecule is CC(C)NC(=S)NNC(=O)COc1ccc2c(c1)CCC(=O)N2. The first-order chi connectivity index (χ1) is 10.9. The molecule has 0 saturated heterocycles. The molecule has 1 aromatic rings. The molecule has 124 valence electrons. The lowest BCUT2D eigenvalue weighted by Crippen LogP contribution is -2.49. The maximum absolute atomic E-state index is 11.7. The molecule has 2 amide bonds. The molecule has 1 heterocycles. The largest absolute Gasteiger partial charge is 0.484 e. The molecule has 4 N–H and O–H groups in total. The second-order valence-electron chi connectivity index (χ2n) is 5.46. The van der Waals surface area contributed by atoms with Crippen molar-refractivity contribution in [2.75, 3.05) is 11.9 Å². The third-order valence-electron chi connectivity index (χ3n) is 3.08. The summed E-state index contributed by atoms with van der Waals surface area (Å²) in [5.41, 5.74) is 6.85. The molecule has 0 saturated carbocycles. The molecule has 1 aromatic carbocycles. The molecular weight excluding hydrogens is 316 g/mol. The Labute approximate surface area is 140 Å². The summed E-state index contributed by atoms with van der Waals surface area (Å²) in [5.74, 6) is 0.254. The average Bonchev–Trinajstić information content (AvgIpc) is 2.50. The van der Waals surface area contributed by atoms with Crippen molar-refractivity contribution in [3.05, 3.63) is 23.8 Å². The Morgan fingerprint density at radius 1 is 1.35 bits per heavy atom. The number of hydrazine groups is 1. The summed E-state index contributed by atoms with van der Waals surface area (Å²) in [5, 5.41) is 6.08. The predicted octanol–water partition coefficient (Wildman–Crippen LogP) is 0.854. The van der Waals surface area contributed by atoms with Crippen molar-refractivity contribution in [3.8, 4) is 5.75 Å². The number of nitrogens with one attached hydrogen (secondary N) is 4. The van der Waals surface area contributed by atoms with Gasteiger partial charge in [0.05, 0.1) is 0 Å². The van der Waals surface area contributed by atoms with Gasteiger partial charge in [-0.05, 0) is 56.2 Å². The molecule has 0 atom stereocenters. The lowest BCUT2D eigenvalue weighted by atomic mass is 10.0. The molecule has 0 bridgehead atoms. The molecule has 23 heavy (non-hydrogen) atoms. The summed E-state index contributed by atoms with van der Waals surface area (Å²) in [6.45, 7) is 3.75. The number of hydrogen-bond acceptors (Lipinski definition) is 4. The van der Waals surface area contributed by atoms with Gasteiger partial charge in [0.25, 0.3) is 5.91 Å². The van der Waals surface area contributed by atoms with Crippen molar-refractivity contribution in [2.24, 2.45) is 0 Å². The summed E-state index contributed by atoms with van der Waals surface area (Å²) in [6.07, 6.45) is 1.13. The highest BCUT2D eigenvalue weighted by Gasteiger charge is 2.15. The molecule has 0 aliphatic carbocycles. The molecule has 1 aliphatic heterocycles. The topological polar surface area (TPSA) is 91.5 Å². The van der Waals surface area contributed by atoms with Crippen LogP contribution in [0.4, 0.5) is 5.69 Å². The fraction of sp³-hybridized carbons (Fsp3) is 0.400. The first kappa shape index (κ1) is 17.0. The summed E-state index contributed by atoms with van der Waals surface area (Å²) in [4.78, 5) is 23.0. The van der Waals surface area contributed by atoms with Crippen molar-refractivity contribution in [3.63, 3.8) is 0 Å². The van der Waals surface area contributed by atoms with Crippen molar-refractivity contribution in [2.45, 2.75) is 32.7 Å². The zero-order chi connectivity index (χ0) is 16.8. The van der Waals surface area contributed by atoms with Crippen molar-refractivity contribution >= 4 is 34.8 Å². The molecule has 0 unspecified atom stereocenters. The molecule has 2 rings (SSSR count). The van der Waals surface area contributed by atoms with Gasteiger partial charge in [-0.3, -0.25) is 20.4 Å². The number of fused-ring (bicyclic) bond motifs is 1.